The van der Waals surface area contributed by atoms with Gasteiger partial charge in [0.1, 0.15) is 0 Å². The molecule has 3 rings (SSSR count). The zero-order chi connectivity index (χ0) is 25.0. The lowest BCUT2D eigenvalue weighted by Gasteiger charge is -2.34. The first-order valence-electron chi connectivity index (χ1n) is 12.7. The number of hydrogen-bond acceptors (Lipinski definition) is 5. The first-order chi connectivity index (χ1) is 16.9. The lowest BCUT2D eigenvalue weighted by Crippen LogP contribution is -2.50. The van der Waals surface area contributed by atoms with Gasteiger partial charge in [0, 0.05) is 54.9 Å². The zero-order valence-corrected chi connectivity index (χ0v) is 21.8. The molecule has 6 nitrogen and oxygen atoms in total. The van der Waals surface area contributed by atoms with Crippen molar-refractivity contribution in [3.05, 3.63) is 70.2 Å². The molecule has 1 aliphatic rings. The van der Waals surface area contributed by atoms with E-state index >= 15 is 0 Å². The number of nitrogens with one attached hydrogen (secondary N) is 2. The lowest BCUT2D eigenvalue weighted by molar-refractivity contribution is -0.123. The van der Waals surface area contributed by atoms with Gasteiger partial charge < -0.3 is 15.5 Å². The van der Waals surface area contributed by atoms with E-state index in [0.29, 0.717) is 22.7 Å². The summed E-state index contributed by atoms with van der Waals surface area (Å²) in [6.45, 7) is 11.5. The Labute approximate surface area is 215 Å². The standard InChI is InChI=1S/C28H39ClN4O2/c1-22(2)31-27(34)21-33-18-16-32(17-19-33)15-5-3-4-14-30-20-23-6-8-24(9-7-23)28(35)25-10-12-26(29)13-11-25/h6-13,22,30H,3-5,14-21H2,1-2H3,(H,31,34). The van der Waals surface area contributed by atoms with E-state index in [-0.39, 0.29) is 17.7 Å². The van der Waals surface area contributed by atoms with E-state index in [1.807, 2.05) is 38.1 Å². The molecule has 7 heteroatoms. The summed E-state index contributed by atoms with van der Waals surface area (Å²) in [5, 5.41) is 7.10. The lowest BCUT2D eigenvalue weighted by atomic mass is 10.0. The fourth-order valence-corrected chi connectivity index (χ4v) is 4.40. The SMILES string of the molecule is CC(C)NC(=O)CN1CCN(CCCCCNCc2ccc(C(=O)c3ccc(Cl)cc3)cc2)CC1. The Hall–Kier alpha value is -2.25. The van der Waals surface area contributed by atoms with E-state index in [4.69, 9.17) is 11.6 Å². The molecule has 1 aliphatic heterocycles. The Morgan fingerprint density at radius 3 is 2.09 bits per heavy atom. The molecule has 0 radical (unpaired) electrons. The molecule has 0 bridgehead atoms. The quantitative estimate of drug-likeness (QED) is 0.323. The minimum atomic E-state index is 0.0132. The molecule has 0 atom stereocenters. The number of halogens is 1. The van der Waals surface area contributed by atoms with Crippen LogP contribution in [0.4, 0.5) is 0 Å². The van der Waals surface area contributed by atoms with Gasteiger partial charge in [0.25, 0.3) is 0 Å². The van der Waals surface area contributed by atoms with Gasteiger partial charge >= 0.3 is 0 Å². The van der Waals surface area contributed by atoms with Crippen LogP contribution in [-0.2, 0) is 11.3 Å². The van der Waals surface area contributed by atoms with E-state index in [2.05, 4.69) is 20.4 Å². The molecule has 35 heavy (non-hydrogen) atoms. The number of carbonyl (C=O) groups is 2. The fraction of sp³-hybridized carbons (Fsp3) is 0.500. The van der Waals surface area contributed by atoms with Gasteiger partial charge in [-0.05, 0) is 69.6 Å². The Bertz CT molecular complexity index is 923. The summed E-state index contributed by atoms with van der Waals surface area (Å²) < 4.78 is 0. The molecule has 2 aromatic carbocycles. The molecule has 1 fully saturated rings. The van der Waals surface area contributed by atoms with Crippen molar-refractivity contribution in [2.24, 2.45) is 0 Å². The second kappa shape index (κ2) is 14.3. The normalized spacial score (nSPS) is 14.9. The molecule has 0 spiro atoms. The van der Waals surface area contributed by atoms with Gasteiger partial charge in [0.2, 0.25) is 5.91 Å². The largest absolute Gasteiger partial charge is 0.353 e. The maximum absolute atomic E-state index is 12.6. The van der Waals surface area contributed by atoms with Crippen LogP contribution in [0.25, 0.3) is 0 Å². The minimum absolute atomic E-state index is 0.0132. The second-order valence-corrected chi connectivity index (χ2v) is 10.0. The van der Waals surface area contributed by atoms with Crippen LogP contribution in [0.1, 0.15) is 54.6 Å². The average molecular weight is 499 g/mol. The Balaban J connectivity index is 1.23. The number of amides is 1. The molecule has 1 saturated heterocycles. The first-order valence-corrected chi connectivity index (χ1v) is 13.1. The van der Waals surface area contributed by atoms with Crippen molar-refractivity contribution in [3.8, 4) is 0 Å². The van der Waals surface area contributed by atoms with Crippen LogP contribution in [-0.4, -0.2) is 73.3 Å². The third-order valence-electron chi connectivity index (χ3n) is 6.26. The van der Waals surface area contributed by atoms with E-state index < -0.39 is 0 Å². The van der Waals surface area contributed by atoms with Crippen molar-refractivity contribution in [2.75, 3.05) is 45.8 Å². The Morgan fingerprint density at radius 2 is 1.46 bits per heavy atom. The first kappa shape index (κ1) is 27.3. The predicted molar refractivity (Wildman–Crippen MR) is 143 cm³/mol. The van der Waals surface area contributed by atoms with Crippen LogP contribution in [0.2, 0.25) is 5.02 Å². The molecule has 1 amide bonds. The Kier molecular flexibility index (Phi) is 11.2. The number of piperazine rings is 1. The maximum Gasteiger partial charge on any atom is 0.234 e. The minimum Gasteiger partial charge on any atom is -0.353 e. The van der Waals surface area contributed by atoms with Crippen LogP contribution >= 0.6 is 11.6 Å². The molecule has 1 heterocycles. The third kappa shape index (κ3) is 9.73. The summed E-state index contributed by atoms with van der Waals surface area (Å²) >= 11 is 5.90. The summed E-state index contributed by atoms with van der Waals surface area (Å²) in [6.07, 6.45) is 3.57. The van der Waals surface area contributed by atoms with Crippen LogP contribution < -0.4 is 10.6 Å². The highest BCUT2D eigenvalue weighted by molar-refractivity contribution is 6.30. The van der Waals surface area contributed by atoms with E-state index in [0.717, 1.165) is 52.2 Å². The number of carbonyl (C=O) groups excluding carboxylic acids is 2. The number of benzene rings is 2. The molecular weight excluding hydrogens is 460 g/mol. The highest BCUT2D eigenvalue weighted by Gasteiger charge is 2.18. The van der Waals surface area contributed by atoms with E-state index in [1.54, 1.807) is 24.3 Å². The summed E-state index contributed by atoms with van der Waals surface area (Å²) in [5.74, 6) is 0.141. The summed E-state index contributed by atoms with van der Waals surface area (Å²) in [5.41, 5.74) is 2.52. The highest BCUT2D eigenvalue weighted by Crippen LogP contribution is 2.14. The molecule has 0 saturated carbocycles. The van der Waals surface area contributed by atoms with Gasteiger partial charge in [-0.1, -0.05) is 42.3 Å². The van der Waals surface area contributed by atoms with Gasteiger partial charge in [0.05, 0.1) is 6.54 Å². The zero-order valence-electron chi connectivity index (χ0n) is 21.1. The van der Waals surface area contributed by atoms with Crippen molar-refractivity contribution >= 4 is 23.3 Å². The van der Waals surface area contributed by atoms with Gasteiger partial charge in [-0.25, -0.2) is 0 Å². The van der Waals surface area contributed by atoms with Crippen molar-refractivity contribution in [2.45, 2.75) is 45.7 Å². The highest BCUT2D eigenvalue weighted by atomic mass is 35.5. The van der Waals surface area contributed by atoms with Crippen molar-refractivity contribution in [1.29, 1.82) is 0 Å². The molecule has 0 aromatic heterocycles. The van der Waals surface area contributed by atoms with Crippen LogP contribution in [0.15, 0.2) is 48.5 Å². The molecule has 190 valence electrons. The average Bonchev–Trinajstić information content (AvgIpc) is 2.84. The van der Waals surface area contributed by atoms with Crippen LogP contribution in [0, 0.1) is 0 Å². The van der Waals surface area contributed by atoms with Crippen LogP contribution in [0.3, 0.4) is 0 Å². The molecular formula is C28H39ClN4O2. The maximum atomic E-state index is 12.6. The van der Waals surface area contributed by atoms with Gasteiger partial charge in [-0.3, -0.25) is 14.5 Å². The summed E-state index contributed by atoms with van der Waals surface area (Å²) in [4.78, 5) is 29.2. The topological polar surface area (TPSA) is 64.7 Å². The molecule has 2 aromatic rings. The van der Waals surface area contributed by atoms with E-state index in [9.17, 15) is 9.59 Å². The third-order valence-corrected chi connectivity index (χ3v) is 6.51. The smallest absolute Gasteiger partial charge is 0.234 e. The fourth-order valence-electron chi connectivity index (χ4n) is 4.28. The predicted octanol–water partition coefficient (Wildman–Crippen LogP) is 3.97. The Morgan fingerprint density at radius 1 is 0.857 bits per heavy atom. The molecule has 2 N–H and O–H groups in total. The van der Waals surface area contributed by atoms with Crippen LogP contribution in [0.5, 0.6) is 0 Å². The second-order valence-electron chi connectivity index (χ2n) is 9.61. The molecule has 0 aliphatic carbocycles. The van der Waals surface area contributed by atoms with E-state index in [1.165, 1.54) is 18.4 Å². The summed E-state index contributed by atoms with van der Waals surface area (Å²) in [6, 6.07) is 15.0. The number of ketones is 1. The monoisotopic (exact) mass is 498 g/mol. The number of unbranched alkanes of at least 4 members (excludes halogenated alkanes) is 2. The van der Waals surface area contributed by atoms with Crippen molar-refractivity contribution in [3.63, 3.8) is 0 Å². The number of nitrogens with zero attached hydrogens (tertiary/aromatic N) is 2. The molecule has 0 unspecified atom stereocenters. The number of hydrogen-bond donors (Lipinski definition) is 2. The summed E-state index contributed by atoms with van der Waals surface area (Å²) in [7, 11) is 0. The van der Waals surface area contributed by atoms with Gasteiger partial charge in [-0.2, -0.15) is 0 Å². The van der Waals surface area contributed by atoms with Crippen molar-refractivity contribution < 1.29 is 9.59 Å². The van der Waals surface area contributed by atoms with Gasteiger partial charge in [-0.15, -0.1) is 0 Å². The van der Waals surface area contributed by atoms with Crippen molar-refractivity contribution in [1.82, 2.24) is 20.4 Å². The number of rotatable bonds is 13. The van der Waals surface area contributed by atoms with Gasteiger partial charge in [0.15, 0.2) is 5.78 Å².